The Morgan fingerprint density at radius 2 is 1.71 bits per heavy atom. The Hall–Kier alpha value is -3.14. The highest BCUT2D eigenvalue weighted by Crippen LogP contribution is 2.37. The Morgan fingerprint density at radius 3 is 2.41 bits per heavy atom. The van der Waals surface area contributed by atoms with Gasteiger partial charge in [0.05, 0.1) is 6.20 Å². The lowest BCUT2D eigenvalue weighted by atomic mass is 9.91. The minimum Gasteiger partial charge on any atom is -0.446 e. The van der Waals surface area contributed by atoms with Gasteiger partial charge in [0.2, 0.25) is 0 Å². The summed E-state index contributed by atoms with van der Waals surface area (Å²) < 4.78 is 18.6. The van der Waals surface area contributed by atoms with Crippen LogP contribution in [-0.4, -0.2) is 40.5 Å². The minimum atomic E-state index is -0.453. The van der Waals surface area contributed by atoms with Crippen molar-refractivity contribution >= 4 is 29.4 Å². The first-order chi connectivity index (χ1) is 16.4. The zero-order chi connectivity index (χ0) is 24.1. The molecule has 3 amide bonds. The summed E-state index contributed by atoms with van der Waals surface area (Å²) in [6, 6.07) is 5.21. The second-order valence-electron chi connectivity index (χ2n) is 8.80. The van der Waals surface area contributed by atoms with Crippen LogP contribution in [-0.2, 0) is 4.74 Å². The SMILES string of the molecule is O=C(Nc1ccc(F)cc1)N[C@H]1CC[C@H](NC(=O)O[C@@H]2CCC(c3cn[nH]c(=O)c3Cl)C2)CC1. The number of benzene rings is 1. The number of aromatic amines is 1. The van der Waals surface area contributed by atoms with Crippen LogP contribution in [0.25, 0.3) is 0 Å². The predicted molar refractivity (Wildman–Crippen MR) is 124 cm³/mol. The summed E-state index contributed by atoms with van der Waals surface area (Å²) in [6.07, 6.45) is 5.81. The first-order valence-corrected chi connectivity index (χ1v) is 11.8. The molecule has 34 heavy (non-hydrogen) atoms. The van der Waals surface area contributed by atoms with Crippen LogP contribution < -0.4 is 21.5 Å². The van der Waals surface area contributed by atoms with Crippen molar-refractivity contribution in [1.82, 2.24) is 20.8 Å². The maximum Gasteiger partial charge on any atom is 0.407 e. The van der Waals surface area contributed by atoms with Gasteiger partial charge >= 0.3 is 12.1 Å². The number of aromatic nitrogens is 2. The van der Waals surface area contributed by atoms with Crippen LogP contribution in [0.2, 0.25) is 5.02 Å². The molecule has 0 aliphatic heterocycles. The summed E-state index contributed by atoms with van der Waals surface area (Å²) in [7, 11) is 0. The molecule has 1 aromatic carbocycles. The van der Waals surface area contributed by atoms with Crippen molar-refractivity contribution in [2.45, 2.75) is 69.1 Å². The van der Waals surface area contributed by atoms with E-state index in [1.165, 1.54) is 24.3 Å². The van der Waals surface area contributed by atoms with Gasteiger partial charge in [0, 0.05) is 17.8 Å². The van der Waals surface area contributed by atoms with Gasteiger partial charge < -0.3 is 20.7 Å². The molecule has 1 aromatic heterocycles. The summed E-state index contributed by atoms with van der Waals surface area (Å²) in [5.41, 5.74) is 0.786. The van der Waals surface area contributed by atoms with E-state index in [0.29, 0.717) is 24.1 Å². The molecule has 0 radical (unpaired) electrons. The van der Waals surface area contributed by atoms with Crippen molar-refractivity contribution in [3.8, 4) is 0 Å². The third-order valence-electron chi connectivity index (χ3n) is 6.41. The van der Waals surface area contributed by atoms with Crippen LogP contribution in [0.3, 0.4) is 0 Å². The van der Waals surface area contributed by atoms with Gasteiger partial charge in [-0.15, -0.1) is 0 Å². The largest absolute Gasteiger partial charge is 0.446 e. The standard InChI is InChI=1S/C23H27ClFN5O4/c24-20-19(12-26-30-21(20)31)13-1-10-18(11-13)34-23(33)29-17-8-6-16(7-9-17)28-22(32)27-15-4-2-14(25)3-5-15/h2-5,12-13,16-18H,1,6-11H2,(H,29,33)(H,30,31)(H2,27,28,32)/t13?,16-,17-,18-/m1/s1. The third kappa shape index (κ3) is 6.25. The molecule has 182 valence electrons. The van der Waals surface area contributed by atoms with Crippen LogP contribution in [0.5, 0.6) is 0 Å². The van der Waals surface area contributed by atoms with Crippen LogP contribution in [0.4, 0.5) is 19.7 Å². The Morgan fingerprint density at radius 1 is 1.03 bits per heavy atom. The maximum absolute atomic E-state index is 13.0. The molecule has 2 aliphatic rings. The zero-order valence-electron chi connectivity index (χ0n) is 18.5. The van der Waals surface area contributed by atoms with E-state index >= 15 is 0 Å². The monoisotopic (exact) mass is 491 g/mol. The zero-order valence-corrected chi connectivity index (χ0v) is 19.2. The molecule has 2 fully saturated rings. The fourth-order valence-electron chi connectivity index (χ4n) is 4.63. The molecular formula is C23H27ClFN5O4. The minimum absolute atomic E-state index is 0.00232. The first-order valence-electron chi connectivity index (χ1n) is 11.4. The van der Waals surface area contributed by atoms with Gasteiger partial charge in [0.25, 0.3) is 5.56 Å². The molecule has 0 saturated heterocycles. The fraction of sp³-hybridized carbons (Fsp3) is 0.478. The molecule has 1 heterocycles. The van der Waals surface area contributed by atoms with E-state index in [1.54, 1.807) is 6.20 Å². The van der Waals surface area contributed by atoms with E-state index in [2.05, 4.69) is 26.1 Å². The van der Waals surface area contributed by atoms with Crippen LogP contribution in [0.15, 0.2) is 35.3 Å². The number of ether oxygens (including phenoxy) is 1. The van der Waals surface area contributed by atoms with Crippen LogP contribution in [0, 0.1) is 5.82 Å². The van der Waals surface area contributed by atoms with Gasteiger partial charge in [-0.25, -0.2) is 19.1 Å². The van der Waals surface area contributed by atoms with Crippen molar-refractivity contribution in [1.29, 1.82) is 0 Å². The van der Waals surface area contributed by atoms with E-state index in [1.807, 2.05) is 0 Å². The normalized spacial score (nSPS) is 24.3. The molecule has 1 unspecified atom stereocenters. The number of urea groups is 1. The summed E-state index contributed by atoms with van der Waals surface area (Å²) in [5.74, 6) is -0.333. The molecule has 2 aromatic rings. The number of H-pyrrole nitrogens is 1. The average Bonchev–Trinajstić information content (AvgIpc) is 3.26. The Balaban J connectivity index is 1.16. The third-order valence-corrected chi connectivity index (χ3v) is 6.80. The van der Waals surface area contributed by atoms with Gasteiger partial charge in [-0.05, 0) is 80.7 Å². The fourth-order valence-corrected chi connectivity index (χ4v) is 4.88. The molecule has 4 rings (SSSR count). The molecular weight excluding hydrogens is 465 g/mol. The number of hydrogen-bond donors (Lipinski definition) is 4. The summed E-state index contributed by atoms with van der Waals surface area (Å²) in [5, 5.41) is 14.8. The lowest BCUT2D eigenvalue weighted by Crippen LogP contribution is -2.45. The van der Waals surface area contributed by atoms with E-state index in [4.69, 9.17) is 16.3 Å². The Labute approximate surface area is 200 Å². The van der Waals surface area contributed by atoms with Crippen molar-refractivity contribution in [3.63, 3.8) is 0 Å². The Kier molecular flexibility index (Phi) is 7.66. The van der Waals surface area contributed by atoms with Crippen LogP contribution in [0.1, 0.15) is 56.4 Å². The smallest absolute Gasteiger partial charge is 0.407 e. The molecule has 2 saturated carbocycles. The number of amides is 3. The predicted octanol–water partition coefficient (Wildman–Crippen LogP) is 4.06. The van der Waals surface area contributed by atoms with Gasteiger partial charge in [-0.2, -0.15) is 5.10 Å². The number of carbonyl (C=O) groups is 2. The van der Waals surface area contributed by atoms with E-state index in [-0.39, 0.29) is 41.0 Å². The quantitative estimate of drug-likeness (QED) is 0.502. The van der Waals surface area contributed by atoms with E-state index in [0.717, 1.165) is 32.1 Å². The summed E-state index contributed by atoms with van der Waals surface area (Å²) in [6.45, 7) is 0. The lowest BCUT2D eigenvalue weighted by Gasteiger charge is -2.29. The highest BCUT2D eigenvalue weighted by molar-refractivity contribution is 6.31. The number of halogens is 2. The van der Waals surface area contributed by atoms with Gasteiger partial charge in [-0.3, -0.25) is 4.79 Å². The van der Waals surface area contributed by atoms with Gasteiger partial charge in [-0.1, -0.05) is 11.6 Å². The Bertz CT molecular complexity index is 1070. The van der Waals surface area contributed by atoms with Gasteiger partial charge in [0.15, 0.2) is 0 Å². The number of nitrogens with one attached hydrogen (secondary N) is 4. The van der Waals surface area contributed by atoms with Crippen molar-refractivity contribution in [2.24, 2.45) is 0 Å². The molecule has 4 N–H and O–H groups in total. The number of nitrogens with zero attached hydrogens (tertiary/aromatic N) is 1. The number of anilines is 1. The number of alkyl carbamates (subject to hydrolysis) is 1. The highest BCUT2D eigenvalue weighted by atomic mass is 35.5. The number of rotatable bonds is 5. The van der Waals surface area contributed by atoms with E-state index < -0.39 is 11.7 Å². The summed E-state index contributed by atoms with van der Waals surface area (Å²) >= 11 is 6.10. The number of carbonyl (C=O) groups excluding carboxylic acids is 2. The molecule has 0 bridgehead atoms. The molecule has 11 heteroatoms. The highest BCUT2D eigenvalue weighted by Gasteiger charge is 2.31. The molecule has 2 aliphatic carbocycles. The topological polar surface area (TPSA) is 125 Å². The lowest BCUT2D eigenvalue weighted by molar-refractivity contribution is 0.0947. The second kappa shape index (κ2) is 10.9. The average molecular weight is 492 g/mol. The summed E-state index contributed by atoms with van der Waals surface area (Å²) in [4.78, 5) is 36.2. The van der Waals surface area contributed by atoms with Gasteiger partial charge in [0.1, 0.15) is 16.9 Å². The van der Waals surface area contributed by atoms with Crippen molar-refractivity contribution in [3.05, 3.63) is 57.2 Å². The molecule has 2 atom stereocenters. The molecule has 0 spiro atoms. The van der Waals surface area contributed by atoms with Crippen molar-refractivity contribution in [2.75, 3.05) is 5.32 Å². The maximum atomic E-state index is 13.0. The second-order valence-corrected chi connectivity index (χ2v) is 9.18. The first kappa shape index (κ1) is 24.0. The van der Waals surface area contributed by atoms with Crippen LogP contribution >= 0.6 is 11.6 Å². The molecule has 9 nitrogen and oxygen atoms in total. The van der Waals surface area contributed by atoms with Crippen molar-refractivity contribution < 1.29 is 18.7 Å². The number of hydrogen-bond acceptors (Lipinski definition) is 5. The van der Waals surface area contributed by atoms with E-state index in [9.17, 15) is 18.8 Å².